The van der Waals surface area contributed by atoms with Crippen LogP contribution in [0.15, 0.2) is 11.8 Å². The van der Waals surface area contributed by atoms with Gasteiger partial charge in [-0.05, 0) is 18.8 Å². The number of nitrogens with one attached hydrogen (secondary N) is 1. The molecule has 0 aliphatic carbocycles. The third-order valence-electron chi connectivity index (χ3n) is 2.59. The summed E-state index contributed by atoms with van der Waals surface area (Å²) in [6, 6.07) is 0.808. The number of nitrogens with zero attached hydrogens (tertiary/aromatic N) is 2. The molecule has 0 aromatic heterocycles. The van der Waals surface area contributed by atoms with Gasteiger partial charge in [0, 0.05) is 19.3 Å². The van der Waals surface area contributed by atoms with Crippen LogP contribution in [0.5, 0.6) is 0 Å². The summed E-state index contributed by atoms with van der Waals surface area (Å²) in [7, 11) is 0. The fraction of sp³-hybridized carbons (Fsp3) is 0.667. The molecule has 0 bridgehead atoms. The van der Waals surface area contributed by atoms with Gasteiger partial charge in [-0.15, -0.1) is 0 Å². The number of aliphatic carboxylic acids is 1. The van der Waals surface area contributed by atoms with Gasteiger partial charge in [-0.2, -0.15) is 5.26 Å². The van der Waals surface area contributed by atoms with Gasteiger partial charge in [0.25, 0.3) is 5.91 Å². The summed E-state index contributed by atoms with van der Waals surface area (Å²) in [4.78, 5) is 24.6. The summed E-state index contributed by atoms with van der Waals surface area (Å²) >= 11 is 0. The highest BCUT2D eigenvalue weighted by atomic mass is 16.4. The summed E-state index contributed by atoms with van der Waals surface area (Å²) in [5.41, 5.74) is -0.0793. The molecule has 0 aliphatic heterocycles. The first-order valence-electron chi connectivity index (χ1n) is 7.07. The molecule has 1 amide bonds. The Morgan fingerprint density at radius 2 is 1.67 bits per heavy atom. The maximum absolute atomic E-state index is 11.9. The van der Waals surface area contributed by atoms with Crippen molar-refractivity contribution < 1.29 is 14.7 Å². The van der Waals surface area contributed by atoms with Crippen LogP contribution in [0.25, 0.3) is 0 Å². The zero-order valence-electron chi connectivity index (χ0n) is 13.4. The van der Waals surface area contributed by atoms with Crippen LogP contribution in [-0.2, 0) is 9.59 Å². The van der Waals surface area contributed by atoms with E-state index in [1.807, 2.05) is 11.0 Å². The van der Waals surface area contributed by atoms with Gasteiger partial charge in [0.2, 0.25) is 0 Å². The van der Waals surface area contributed by atoms with Crippen LogP contribution in [0.3, 0.4) is 0 Å². The lowest BCUT2D eigenvalue weighted by Crippen LogP contribution is -2.39. The average molecular weight is 295 g/mol. The third kappa shape index (κ3) is 7.98. The quantitative estimate of drug-likeness (QED) is 0.524. The second-order valence-corrected chi connectivity index (χ2v) is 5.93. The molecule has 0 aromatic rings. The number of carbonyl (C=O) groups is 2. The first kappa shape index (κ1) is 19.0. The monoisotopic (exact) mass is 295 g/mol. The highest BCUT2D eigenvalue weighted by molar-refractivity contribution is 5.99. The molecule has 21 heavy (non-hydrogen) atoms. The average Bonchev–Trinajstić information content (AvgIpc) is 2.33. The molecule has 0 saturated carbocycles. The van der Waals surface area contributed by atoms with Crippen molar-refractivity contribution in [1.82, 2.24) is 10.2 Å². The Hall–Kier alpha value is -2.03. The van der Waals surface area contributed by atoms with Crippen LogP contribution >= 0.6 is 0 Å². The molecule has 0 rings (SSSR count). The van der Waals surface area contributed by atoms with E-state index in [1.165, 1.54) is 13.1 Å². The number of carbonyl (C=O) groups excluding carboxylic acids is 1. The fourth-order valence-corrected chi connectivity index (χ4v) is 1.77. The number of carboxylic acids is 1. The second-order valence-electron chi connectivity index (χ2n) is 5.93. The Morgan fingerprint density at radius 3 is 2.00 bits per heavy atom. The summed E-state index contributed by atoms with van der Waals surface area (Å²) in [6.07, 6.45) is 1.52. The number of nitriles is 1. The van der Waals surface area contributed by atoms with E-state index in [0.717, 1.165) is 13.1 Å². The summed E-state index contributed by atoms with van der Waals surface area (Å²) in [6.45, 7) is 11.0. The van der Waals surface area contributed by atoms with Gasteiger partial charge in [0.05, 0.1) is 0 Å². The van der Waals surface area contributed by atoms with Gasteiger partial charge in [0.1, 0.15) is 17.7 Å². The number of rotatable bonds is 8. The highest BCUT2D eigenvalue weighted by Crippen LogP contribution is 2.07. The standard InChI is InChI=1S/C15H25N3O3/c1-10(2)7-18(8-11(3)4)9-13(6-16)14(19)17-12(5)15(20)21/h9-12H,7-8H2,1-5H3,(H,17,19)(H,20,21)/b13-9-. The Balaban J connectivity index is 5.04. The van der Waals surface area contributed by atoms with E-state index in [-0.39, 0.29) is 5.57 Å². The Morgan fingerprint density at radius 1 is 1.19 bits per heavy atom. The SMILES string of the molecule is CC(C)CN(/C=C(/C#N)C(=O)NC(C)C(=O)O)CC(C)C. The van der Waals surface area contributed by atoms with E-state index in [4.69, 9.17) is 10.4 Å². The molecule has 0 aromatic carbocycles. The molecule has 0 fully saturated rings. The molecule has 0 aliphatic rings. The first-order valence-corrected chi connectivity index (χ1v) is 7.07. The normalized spacial score (nSPS) is 13.0. The van der Waals surface area contributed by atoms with Gasteiger partial charge in [0.15, 0.2) is 0 Å². The minimum absolute atomic E-state index is 0.0793. The van der Waals surface area contributed by atoms with Gasteiger partial charge in [-0.25, -0.2) is 0 Å². The van der Waals surface area contributed by atoms with Crippen LogP contribution in [-0.4, -0.2) is 41.0 Å². The van der Waals surface area contributed by atoms with Crippen LogP contribution in [0.1, 0.15) is 34.6 Å². The van der Waals surface area contributed by atoms with Crippen molar-refractivity contribution in [2.75, 3.05) is 13.1 Å². The van der Waals surface area contributed by atoms with Crippen molar-refractivity contribution in [1.29, 1.82) is 5.26 Å². The maximum Gasteiger partial charge on any atom is 0.325 e. The molecule has 0 spiro atoms. The van der Waals surface area contributed by atoms with Crippen LogP contribution < -0.4 is 5.32 Å². The van der Waals surface area contributed by atoms with Crippen LogP contribution in [0.4, 0.5) is 0 Å². The number of amides is 1. The predicted octanol–water partition coefficient (Wildman–Crippen LogP) is 1.60. The predicted molar refractivity (Wildman–Crippen MR) is 80.2 cm³/mol. The van der Waals surface area contributed by atoms with E-state index in [9.17, 15) is 9.59 Å². The van der Waals surface area contributed by atoms with E-state index in [2.05, 4.69) is 33.0 Å². The molecule has 1 unspecified atom stereocenters. The smallest absolute Gasteiger partial charge is 0.325 e. The van der Waals surface area contributed by atoms with Crippen LogP contribution in [0, 0.1) is 23.2 Å². The van der Waals surface area contributed by atoms with Gasteiger partial charge in [-0.3, -0.25) is 9.59 Å². The molecule has 0 radical (unpaired) electrons. The van der Waals surface area contributed by atoms with Crippen molar-refractivity contribution in [3.8, 4) is 6.07 Å². The number of hydrogen-bond donors (Lipinski definition) is 2. The lowest BCUT2D eigenvalue weighted by Gasteiger charge is -2.25. The lowest BCUT2D eigenvalue weighted by molar-refractivity contribution is -0.140. The number of hydrogen-bond acceptors (Lipinski definition) is 4. The molecule has 0 saturated heterocycles. The van der Waals surface area contributed by atoms with Crippen molar-refractivity contribution >= 4 is 11.9 Å². The van der Waals surface area contributed by atoms with Gasteiger partial charge >= 0.3 is 5.97 Å². The van der Waals surface area contributed by atoms with Crippen molar-refractivity contribution in [2.24, 2.45) is 11.8 Å². The van der Waals surface area contributed by atoms with E-state index < -0.39 is 17.9 Å². The Kier molecular flexibility index (Phi) is 8.14. The third-order valence-corrected chi connectivity index (χ3v) is 2.59. The van der Waals surface area contributed by atoms with Gasteiger partial charge in [-0.1, -0.05) is 27.7 Å². The molecule has 6 nitrogen and oxygen atoms in total. The Bertz CT molecular complexity index is 426. The second kappa shape index (κ2) is 9.01. The number of carboxylic acid groups (broad SMARTS) is 1. The summed E-state index contributed by atoms with van der Waals surface area (Å²) in [5.74, 6) is -1.02. The lowest BCUT2D eigenvalue weighted by atomic mass is 10.1. The minimum atomic E-state index is -1.14. The molecule has 118 valence electrons. The largest absolute Gasteiger partial charge is 0.480 e. The van der Waals surface area contributed by atoms with E-state index >= 15 is 0 Å². The zero-order valence-corrected chi connectivity index (χ0v) is 13.4. The highest BCUT2D eigenvalue weighted by Gasteiger charge is 2.18. The molecule has 2 N–H and O–H groups in total. The molecular weight excluding hydrogens is 270 g/mol. The molecule has 1 atom stereocenters. The summed E-state index contributed by atoms with van der Waals surface area (Å²) < 4.78 is 0. The van der Waals surface area contributed by atoms with Crippen molar-refractivity contribution in [3.63, 3.8) is 0 Å². The fourth-order valence-electron chi connectivity index (χ4n) is 1.77. The molecular formula is C15H25N3O3. The minimum Gasteiger partial charge on any atom is -0.480 e. The van der Waals surface area contributed by atoms with Gasteiger partial charge < -0.3 is 15.3 Å². The molecule has 6 heteroatoms. The molecule has 0 heterocycles. The van der Waals surface area contributed by atoms with Crippen molar-refractivity contribution in [3.05, 3.63) is 11.8 Å². The first-order chi connectivity index (χ1) is 9.67. The topological polar surface area (TPSA) is 93.4 Å². The van der Waals surface area contributed by atoms with Crippen LogP contribution in [0.2, 0.25) is 0 Å². The zero-order chi connectivity index (χ0) is 16.6. The van der Waals surface area contributed by atoms with E-state index in [1.54, 1.807) is 0 Å². The van der Waals surface area contributed by atoms with E-state index in [0.29, 0.717) is 11.8 Å². The maximum atomic E-state index is 11.9. The Labute approximate surface area is 126 Å². The van der Waals surface area contributed by atoms with Crippen molar-refractivity contribution in [2.45, 2.75) is 40.7 Å². The summed E-state index contributed by atoms with van der Waals surface area (Å²) in [5, 5.41) is 20.2.